The van der Waals surface area contributed by atoms with Gasteiger partial charge in [-0.2, -0.15) is 0 Å². The average molecular weight is 686 g/mol. The molecule has 3 aliphatic rings. The minimum atomic E-state index is -1.28. The average Bonchev–Trinajstić information content (AvgIpc) is 3.49. The Balaban J connectivity index is 0. The number of nitrogens with one attached hydrogen (secondary N) is 2. The highest BCUT2D eigenvalue weighted by molar-refractivity contribution is 6.00. The van der Waals surface area contributed by atoms with E-state index >= 15 is 8.78 Å². The summed E-state index contributed by atoms with van der Waals surface area (Å²) in [6.07, 6.45) is 8.12. The first kappa shape index (κ1) is 48.0. The second-order valence-electron chi connectivity index (χ2n) is 12.6. The van der Waals surface area contributed by atoms with Crippen LogP contribution in [0.1, 0.15) is 132 Å². The number of aliphatic hydroxyl groups is 1. The molecule has 4 rings (SSSR count). The molecule has 282 valence electrons. The number of unbranched alkanes of at least 4 members (excludes halogenated alkanes) is 2. The molecule has 0 aliphatic carbocycles. The van der Waals surface area contributed by atoms with E-state index < -0.39 is 11.7 Å². The molecule has 3 N–H and O–H groups in total. The summed E-state index contributed by atoms with van der Waals surface area (Å²) in [6.45, 7) is 24.7. The molecule has 1 aromatic carbocycles. The molecule has 2 saturated heterocycles. The van der Waals surface area contributed by atoms with Crippen molar-refractivity contribution < 1.29 is 23.5 Å². The molecule has 48 heavy (non-hydrogen) atoms. The van der Waals surface area contributed by atoms with Crippen molar-refractivity contribution in [2.24, 2.45) is 0 Å². The predicted molar refractivity (Wildman–Crippen MR) is 200 cm³/mol. The van der Waals surface area contributed by atoms with Gasteiger partial charge in [0.1, 0.15) is 5.67 Å². The Bertz CT molecular complexity index is 991. The predicted octanol–water partition coefficient (Wildman–Crippen LogP) is 7.78. The maximum atomic E-state index is 15.3. The molecule has 1 aromatic rings. The highest BCUT2D eigenvalue weighted by Gasteiger charge is 2.41. The lowest BCUT2D eigenvalue weighted by Crippen LogP contribution is -2.58. The number of carbonyl (C=O) groups is 2. The Kier molecular flexibility index (Phi) is 27.6. The minimum Gasteiger partial charge on any atom is -0.400 e. The summed E-state index contributed by atoms with van der Waals surface area (Å²) in [7, 11) is 2.95. The molecule has 3 aliphatic heterocycles. The lowest BCUT2D eigenvalue weighted by molar-refractivity contribution is -0.137. The normalized spacial score (nSPS) is 21.7. The van der Waals surface area contributed by atoms with E-state index in [9.17, 15) is 9.59 Å². The first-order valence-electron chi connectivity index (χ1n) is 18.6. The van der Waals surface area contributed by atoms with E-state index in [0.29, 0.717) is 56.8 Å². The number of amides is 2. The highest BCUT2D eigenvalue weighted by atomic mass is 19.1. The van der Waals surface area contributed by atoms with E-state index in [2.05, 4.69) is 57.1 Å². The van der Waals surface area contributed by atoms with E-state index in [0.717, 1.165) is 32.2 Å². The van der Waals surface area contributed by atoms with Crippen LogP contribution >= 0.6 is 0 Å². The molecule has 3 atom stereocenters. The number of halogens is 2. The largest absolute Gasteiger partial charge is 0.400 e. The Morgan fingerprint density at radius 1 is 1.00 bits per heavy atom. The van der Waals surface area contributed by atoms with Gasteiger partial charge >= 0.3 is 0 Å². The number of aliphatic hydroxyl groups excluding tert-OH is 1. The Labute approximate surface area is 293 Å². The molecular formula is C38H73F2N5O3. The van der Waals surface area contributed by atoms with Crippen LogP contribution in [-0.4, -0.2) is 96.3 Å². The van der Waals surface area contributed by atoms with Crippen LogP contribution in [0.3, 0.4) is 0 Å². The quantitative estimate of drug-likeness (QED) is 0.229. The minimum absolute atomic E-state index is 0.146. The SMILES string of the molecule is CC.CCC.CCC.CCCCC.CCN(CCNc1ccc2c(c1F)CN(C1CCC(=O)NC1=O)C2)C1CCN(C)CC1(C)F.CO. The zero-order valence-corrected chi connectivity index (χ0v) is 32.8. The van der Waals surface area contributed by atoms with Crippen LogP contribution < -0.4 is 10.6 Å². The summed E-state index contributed by atoms with van der Waals surface area (Å²) >= 11 is 0. The maximum Gasteiger partial charge on any atom is 0.243 e. The van der Waals surface area contributed by atoms with Crippen molar-refractivity contribution in [1.29, 1.82) is 0 Å². The molecule has 0 saturated carbocycles. The van der Waals surface area contributed by atoms with Gasteiger partial charge in [-0.05, 0) is 51.5 Å². The van der Waals surface area contributed by atoms with Gasteiger partial charge < -0.3 is 15.3 Å². The molecule has 10 heteroatoms. The summed E-state index contributed by atoms with van der Waals surface area (Å²) in [5.41, 5.74) is 0.629. The number of benzene rings is 1. The van der Waals surface area contributed by atoms with Crippen LogP contribution in [0, 0.1) is 5.82 Å². The van der Waals surface area contributed by atoms with E-state index in [4.69, 9.17) is 5.11 Å². The number of alkyl halides is 1. The molecule has 0 radical (unpaired) electrons. The number of likely N-dealkylation sites (tertiary alicyclic amines) is 1. The van der Waals surface area contributed by atoms with Crippen molar-refractivity contribution in [3.8, 4) is 0 Å². The van der Waals surface area contributed by atoms with Gasteiger partial charge in [-0.3, -0.25) is 24.7 Å². The van der Waals surface area contributed by atoms with E-state index in [1.807, 2.05) is 43.7 Å². The topological polar surface area (TPSA) is 88.2 Å². The molecule has 0 bridgehead atoms. The summed E-state index contributed by atoms with van der Waals surface area (Å²) in [5, 5.41) is 12.6. The molecule has 0 aromatic heterocycles. The second-order valence-corrected chi connectivity index (χ2v) is 12.6. The summed E-state index contributed by atoms with van der Waals surface area (Å²) in [6, 6.07) is 3.09. The number of hydrogen-bond donors (Lipinski definition) is 3. The highest BCUT2D eigenvalue weighted by Crippen LogP contribution is 2.33. The van der Waals surface area contributed by atoms with Gasteiger partial charge in [-0.1, -0.05) is 100 Å². The first-order valence-corrected chi connectivity index (χ1v) is 18.6. The molecule has 8 nitrogen and oxygen atoms in total. The van der Waals surface area contributed by atoms with E-state index in [1.165, 1.54) is 32.1 Å². The third-order valence-corrected chi connectivity index (χ3v) is 8.05. The van der Waals surface area contributed by atoms with Crippen LogP contribution in [0.5, 0.6) is 0 Å². The fraction of sp³-hybridized carbons (Fsp3) is 0.789. The zero-order valence-electron chi connectivity index (χ0n) is 32.8. The number of nitrogens with zero attached hydrogens (tertiary/aromatic N) is 3. The molecule has 2 amide bonds. The third kappa shape index (κ3) is 16.5. The van der Waals surface area contributed by atoms with Gasteiger partial charge in [0.25, 0.3) is 0 Å². The van der Waals surface area contributed by atoms with Crippen molar-refractivity contribution in [2.75, 3.05) is 52.2 Å². The summed E-state index contributed by atoms with van der Waals surface area (Å²) in [4.78, 5) is 29.7. The monoisotopic (exact) mass is 686 g/mol. The van der Waals surface area contributed by atoms with Crippen LogP contribution in [0.4, 0.5) is 14.5 Å². The summed E-state index contributed by atoms with van der Waals surface area (Å²) in [5.74, 6) is -0.841. The van der Waals surface area contributed by atoms with E-state index in [1.54, 1.807) is 13.0 Å². The number of anilines is 1. The standard InChI is InChI=1S/C24H35F2N5O2.C5H12.2C3H8.C2H6.CH4O/c1-4-30(20-9-11-29(3)15-24(20,2)26)12-10-27-18-6-5-16-13-31(14-17(16)22(18)25)19-7-8-21(32)28-23(19)33;1-3-5-4-2;2*1-3-2;2*1-2/h5-6,19-20,27H,4,7-15H2,1-3H3,(H,28,32,33);3-5H2,1-2H3;2*3H2,1-2H3;1-2H3;2H,1H3. The fourth-order valence-electron chi connectivity index (χ4n) is 5.99. The van der Waals surface area contributed by atoms with Crippen molar-refractivity contribution >= 4 is 17.5 Å². The lowest BCUT2D eigenvalue weighted by Gasteiger charge is -2.45. The number of imide groups is 1. The molecule has 3 unspecified atom stereocenters. The number of likely N-dealkylation sites (N-methyl/N-ethyl adjacent to an activating group) is 1. The third-order valence-electron chi connectivity index (χ3n) is 8.05. The zero-order chi connectivity index (χ0) is 37.3. The van der Waals surface area contributed by atoms with E-state index in [-0.39, 0.29) is 23.7 Å². The van der Waals surface area contributed by atoms with Gasteiger partial charge in [-0.15, -0.1) is 0 Å². The van der Waals surface area contributed by atoms with Crippen LogP contribution in [0.25, 0.3) is 0 Å². The molecular weight excluding hydrogens is 612 g/mol. The number of rotatable bonds is 9. The van der Waals surface area contributed by atoms with Crippen molar-refractivity contribution in [1.82, 2.24) is 20.0 Å². The van der Waals surface area contributed by atoms with Crippen LogP contribution in [-0.2, 0) is 22.7 Å². The van der Waals surface area contributed by atoms with Gasteiger partial charge in [0.15, 0.2) is 5.82 Å². The molecule has 0 spiro atoms. The van der Waals surface area contributed by atoms with Gasteiger partial charge in [0, 0.05) is 57.9 Å². The smallest absolute Gasteiger partial charge is 0.243 e. The van der Waals surface area contributed by atoms with Crippen molar-refractivity contribution in [2.45, 2.75) is 151 Å². The van der Waals surface area contributed by atoms with Gasteiger partial charge in [0.05, 0.1) is 11.7 Å². The first-order chi connectivity index (χ1) is 22.9. The number of piperidine rings is 2. The fourth-order valence-corrected chi connectivity index (χ4v) is 5.99. The molecule has 3 heterocycles. The van der Waals surface area contributed by atoms with Crippen LogP contribution in [0.15, 0.2) is 12.1 Å². The Hall–Kier alpha value is -2.14. The van der Waals surface area contributed by atoms with Crippen molar-refractivity contribution in [3.05, 3.63) is 29.1 Å². The Morgan fingerprint density at radius 2 is 1.58 bits per heavy atom. The molecule has 2 fully saturated rings. The lowest BCUT2D eigenvalue weighted by atomic mass is 9.89. The van der Waals surface area contributed by atoms with Gasteiger partial charge in [0.2, 0.25) is 11.8 Å². The number of fused-ring (bicyclic) bond motifs is 1. The summed E-state index contributed by atoms with van der Waals surface area (Å²) < 4.78 is 30.5. The second kappa shape index (κ2) is 27.7. The van der Waals surface area contributed by atoms with Crippen LogP contribution in [0.2, 0.25) is 0 Å². The Morgan fingerprint density at radius 3 is 2.06 bits per heavy atom. The number of hydrogen-bond acceptors (Lipinski definition) is 7. The van der Waals surface area contributed by atoms with Gasteiger partial charge in [-0.25, -0.2) is 8.78 Å². The maximum absolute atomic E-state index is 15.3. The number of carbonyl (C=O) groups excluding carboxylic acids is 2. The van der Waals surface area contributed by atoms with Crippen molar-refractivity contribution in [3.63, 3.8) is 0 Å².